The van der Waals surface area contributed by atoms with Crippen molar-refractivity contribution in [2.24, 2.45) is 13.0 Å². The number of methoxy groups -OCH3 is 2. The molecule has 5 rings (SSSR count). The van der Waals surface area contributed by atoms with Gasteiger partial charge in [0.1, 0.15) is 11.5 Å². The van der Waals surface area contributed by atoms with Crippen molar-refractivity contribution >= 4 is 22.4 Å². The van der Waals surface area contributed by atoms with Gasteiger partial charge >= 0.3 is 0 Å². The highest BCUT2D eigenvalue weighted by atomic mass is 16.5. The van der Waals surface area contributed by atoms with Crippen molar-refractivity contribution in [3.63, 3.8) is 0 Å². The fourth-order valence-corrected chi connectivity index (χ4v) is 4.82. The first kappa shape index (κ1) is 24.5. The molecule has 0 radical (unpaired) electrons. The Morgan fingerprint density at radius 1 is 1.05 bits per heavy atom. The van der Waals surface area contributed by atoms with Crippen molar-refractivity contribution in [1.82, 2.24) is 24.6 Å². The van der Waals surface area contributed by atoms with Gasteiger partial charge in [-0.2, -0.15) is 10.4 Å². The summed E-state index contributed by atoms with van der Waals surface area (Å²) in [5, 5.41) is 13.7. The summed E-state index contributed by atoms with van der Waals surface area (Å²) in [5.74, 6) is 1.54. The van der Waals surface area contributed by atoms with E-state index in [1.54, 1.807) is 31.3 Å². The summed E-state index contributed by atoms with van der Waals surface area (Å²) in [5.41, 5.74) is 5.29. The van der Waals surface area contributed by atoms with Crippen molar-refractivity contribution in [3.05, 3.63) is 55.0 Å². The van der Waals surface area contributed by atoms with Crippen LogP contribution in [0.2, 0.25) is 0 Å². The summed E-state index contributed by atoms with van der Waals surface area (Å²) in [6.45, 7) is 3.38. The Bertz CT molecular complexity index is 1410. The molecular formula is C28H31N7O2. The van der Waals surface area contributed by atoms with Crippen LogP contribution in [0.25, 0.3) is 22.3 Å². The lowest BCUT2D eigenvalue weighted by Crippen LogP contribution is -2.39. The van der Waals surface area contributed by atoms with Crippen molar-refractivity contribution in [1.29, 1.82) is 5.26 Å². The second-order valence-corrected chi connectivity index (χ2v) is 9.32. The van der Waals surface area contributed by atoms with Crippen LogP contribution in [0.5, 0.6) is 11.5 Å². The van der Waals surface area contributed by atoms with Gasteiger partial charge in [0.15, 0.2) is 0 Å². The van der Waals surface area contributed by atoms with Crippen molar-refractivity contribution in [2.75, 3.05) is 45.3 Å². The number of hydrogen-bond donors (Lipinski definition) is 0. The van der Waals surface area contributed by atoms with E-state index in [0.29, 0.717) is 0 Å². The molecule has 4 aromatic rings. The van der Waals surface area contributed by atoms with Gasteiger partial charge in [-0.05, 0) is 37.6 Å². The summed E-state index contributed by atoms with van der Waals surface area (Å²) in [4.78, 5) is 14.2. The quantitative estimate of drug-likeness (QED) is 0.353. The highest BCUT2D eigenvalue weighted by Crippen LogP contribution is 2.34. The van der Waals surface area contributed by atoms with Crippen LogP contribution in [-0.2, 0) is 7.05 Å². The molecule has 190 valence electrons. The summed E-state index contributed by atoms with van der Waals surface area (Å²) < 4.78 is 12.9. The van der Waals surface area contributed by atoms with E-state index in [0.717, 1.165) is 84.2 Å². The number of likely N-dealkylation sites (tertiary alicyclic amines) is 1. The molecule has 0 aliphatic carbocycles. The molecule has 0 spiro atoms. The highest BCUT2D eigenvalue weighted by molar-refractivity contribution is 5.82. The number of nitriles is 1. The molecule has 2 aromatic carbocycles. The summed E-state index contributed by atoms with van der Waals surface area (Å²) in [7, 11) is 5.20. The monoisotopic (exact) mass is 497 g/mol. The number of aryl methyl sites for hydroxylation is 1. The van der Waals surface area contributed by atoms with E-state index in [4.69, 9.17) is 14.5 Å². The van der Waals surface area contributed by atoms with Crippen LogP contribution in [-0.4, -0.2) is 65.0 Å². The fraction of sp³-hybridized carbons (Fsp3) is 0.357. The average Bonchev–Trinajstić information content (AvgIpc) is 3.38. The maximum Gasteiger partial charge on any atom is 0.124 e. The lowest BCUT2D eigenvalue weighted by Gasteiger charge is -2.33. The normalized spacial score (nSPS) is 15.9. The average molecular weight is 498 g/mol. The highest BCUT2D eigenvalue weighted by Gasteiger charge is 2.21. The van der Waals surface area contributed by atoms with Crippen LogP contribution in [0.3, 0.4) is 0 Å². The molecule has 9 nitrogen and oxygen atoms in total. The maximum absolute atomic E-state index is 9.43. The molecule has 1 unspecified atom stereocenters. The Kier molecular flexibility index (Phi) is 7.19. The Labute approximate surface area is 216 Å². The predicted molar refractivity (Wildman–Crippen MR) is 143 cm³/mol. The minimum atomic E-state index is 0.0981. The van der Waals surface area contributed by atoms with E-state index in [1.165, 1.54) is 0 Å². The third kappa shape index (κ3) is 5.49. The van der Waals surface area contributed by atoms with Gasteiger partial charge in [0, 0.05) is 68.0 Å². The number of piperidine rings is 1. The lowest BCUT2D eigenvalue weighted by atomic mass is 10.00. The fourth-order valence-electron chi connectivity index (χ4n) is 4.82. The maximum atomic E-state index is 9.43. The van der Waals surface area contributed by atoms with Crippen molar-refractivity contribution in [2.45, 2.75) is 12.8 Å². The largest absolute Gasteiger partial charge is 0.497 e. The first-order valence-electron chi connectivity index (χ1n) is 12.4. The number of benzene rings is 2. The van der Waals surface area contributed by atoms with Crippen LogP contribution in [0, 0.1) is 17.2 Å². The number of fused-ring (bicyclic) bond motifs is 1. The van der Waals surface area contributed by atoms with Gasteiger partial charge < -0.3 is 19.3 Å². The zero-order valence-electron chi connectivity index (χ0n) is 21.5. The number of rotatable bonds is 8. The lowest BCUT2D eigenvalue weighted by molar-refractivity contribution is 0.205. The van der Waals surface area contributed by atoms with Crippen LogP contribution in [0.4, 0.5) is 11.4 Å². The molecule has 2 aromatic heterocycles. The number of nitrogens with zero attached hydrogens (tertiary/aromatic N) is 7. The van der Waals surface area contributed by atoms with Gasteiger partial charge in [0.05, 0.1) is 55.3 Å². The Hall–Kier alpha value is -4.16. The molecule has 9 heteroatoms. The summed E-state index contributed by atoms with van der Waals surface area (Å²) in [6, 6.07) is 14.5. The van der Waals surface area contributed by atoms with Gasteiger partial charge in [0.25, 0.3) is 0 Å². The van der Waals surface area contributed by atoms with E-state index in [2.05, 4.69) is 38.1 Å². The second-order valence-electron chi connectivity index (χ2n) is 9.32. The zero-order chi connectivity index (χ0) is 25.8. The van der Waals surface area contributed by atoms with Crippen LogP contribution >= 0.6 is 0 Å². The standard InChI is InChI=1S/C28H31N7O2/c1-33-19-21(16-31-33)28-17-30-26-7-6-22(13-27(26)32-28)35(10-9-34-8-4-5-20(15-29)18-34)23-11-24(36-2)14-25(12-23)37-3/h6-7,11-14,16-17,19-20H,4-5,8-10,18H2,1-3H3. The predicted octanol–water partition coefficient (Wildman–Crippen LogP) is 4.42. The summed E-state index contributed by atoms with van der Waals surface area (Å²) in [6.07, 6.45) is 7.54. The molecule has 1 fully saturated rings. The molecule has 0 amide bonds. The van der Waals surface area contributed by atoms with Crippen LogP contribution in [0.1, 0.15) is 12.8 Å². The van der Waals surface area contributed by atoms with Crippen LogP contribution < -0.4 is 14.4 Å². The molecule has 1 aliphatic heterocycles. The number of aromatic nitrogens is 4. The minimum Gasteiger partial charge on any atom is -0.497 e. The molecule has 1 aliphatic rings. The Morgan fingerprint density at radius 2 is 1.86 bits per heavy atom. The smallest absolute Gasteiger partial charge is 0.124 e. The van der Waals surface area contributed by atoms with Crippen molar-refractivity contribution in [3.8, 4) is 28.8 Å². The molecule has 1 saturated heterocycles. The van der Waals surface area contributed by atoms with E-state index in [9.17, 15) is 5.26 Å². The minimum absolute atomic E-state index is 0.0981. The molecule has 0 saturated carbocycles. The molecule has 3 heterocycles. The van der Waals surface area contributed by atoms with Gasteiger partial charge in [-0.15, -0.1) is 0 Å². The number of ether oxygens (including phenoxy) is 2. The Balaban J connectivity index is 1.51. The second kappa shape index (κ2) is 10.8. The van der Waals surface area contributed by atoms with E-state index in [1.807, 2.05) is 37.5 Å². The topological polar surface area (TPSA) is 92.3 Å². The number of hydrogen-bond acceptors (Lipinski definition) is 8. The molecule has 1 atom stereocenters. The zero-order valence-corrected chi connectivity index (χ0v) is 21.5. The third-order valence-electron chi connectivity index (χ3n) is 6.81. The van der Waals surface area contributed by atoms with E-state index in [-0.39, 0.29) is 5.92 Å². The van der Waals surface area contributed by atoms with Gasteiger partial charge in [-0.1, -0.05) is 0 Å². The molecule has 0 bridgehead atoms. The van der Waals surface area contributed by atoms with E-state index >= 15 is 0 Å². The molecule has 37 heavy (non-hydrogen) atoms. The summed E-state index contributed by atoms with van der Waals surface area (Å²) >= 11 is 0. The first-order chi connectivity index (χ1) is 18.1. The van der Waals surface area contributed by atoms with Crippen molar-refractivity contribution < 1.29 is 9.47 Å². The Morgan fingerprint density at radius 3 is 2.57 bits per heavy atom. The molecule has 0 N–H and O–H groups in total. The SMILES string of the molecule is COc1cc(OC)cc(N(CCN2CCCC(C#N)C2)c2ccc3ncc(-c4cnn(C)c4)nc3c2)c1. The van der Waals surface area contributed by atoms with Gasteiger partial charge in [0.2, 0.25) is 0 Å². The first-order valence-corrected chi connectivity index (χ1v) is 12.4. The molecular weight excluding hydrogens is 466 g/mol. The van der Waals surface area contributed by atoms with Gasteiger partial charge in [-0.3, -0.25) is 9.67 Å². The number of anilines is 2. The van der Waals surface area contributed by atoms with Crippen LogP contribution in [0.15, 0.2) is 55.0 Å². The third-order valence-corrected chi connectivity index (χ3v) is 6.81. The van der Waals surface area contributed by atoms with Gasteiger partial charge in [-0.25, -0.2) is 4.98 Å². The van der Waals surface area contributed by atoms with E-state index < -0.39 is 0 Å².